The minimum Gasteiger partial charge on any atom is -0.477 e. The summed E-state index contributed by atoms with van der Waals surface area (Å²) in [6.07, 6.45) is -20.3. The predicted molar refractivity (Wildman–Crippen MR) is 383 cm³/mol. The van der Waals surface area contributed by atoms with E-state index in [4.69, 9.17) is 51.5 Å². The number of amides is 3. The first-order valence-electron chi connectivity index (χ1n) is 40.2. The van der Waals surface area contributed by atoms with Crippen LogP contribution >= 0.6 is 0 Å². The van der Waals surface area contributed by atoms with E-state index in [0.29, 0.717) is 12.8 Å². The van der Waals surface area contributed by atoms with Crippen molar-refractivity contribution >= 4 is 23.7 Å². The maximum atomic E-state index is 13.8. The quantitative estimate of drug-likeness (QED) is 0.0260. The number of hydrogen-bond donors (Lipinski definition) is 21. The van der Waals surface area contributed by atoms with Crippen LogP contribution < -0.4 is 22.1 Å². The number of aliphatic carboxylic acids is 1. The number of carbonyl (C=O) groups is 4. The Morgan fingerprint density at radius 3 is 1.50 bits per heavy atom. The number of allylic oxidation sites excluding steroid dienone is 1. The largest absolute Gasteiger partial charge is 0.477 e. The fraction of sp³-hybridized carbons (Fsp3) is 0.918. The van der Waals surface area contributed by atoms with E-state index in [1.165, 1.54) is 44.6 Å². The van der Waals surface area contributed by atoms with Gasteiger partial charge in [-0.05, 0) is 19.3 Å². The van der Waals surface area contributed by atoms with E-state index in [1.807, 2.05) is 0 Å². The van der Waals surface area contributed by atoms with Crippen LogP contribution in [0.4, 0.5) is 0 Å². The van der Waals surface area contributed by atoms with Crippen molar-refractivity contribution in [3.8, 4) is 0 Å². The molecule has 0 saturated carbocycles. The Hall–Kier alpha value is -3.46. The van der Waals surface area contributed by atoms with Gasteiger partial charge in [-0.2, -0.15) is 0 Å². The molecular weight excluding hydrogens is 1430 g/mol. The molecule has 0 spiro atoms. The van der Waals surface area contributed by atoms with Crippen LogP contribution in [0.5, 0.6) is 0 Å². The lowest BCUT2D eigenvalue weighted by Crippen LogP contribution is -2.72. The van der Waals surface area contributed by atoms with Crippen molar-refractivity contribution < 1.29 is 157 Å². The number of carboxylic acids is 1. The zero-order chi connectivity index (χ0) is 81.3. The normalized spacial score (nSPS) is 34.8. The molecule has 35 heteroatoms. The number of unbranched alkanes of at least 4 members (excludes halogenated alkanes) is 24. The number of aliphatic hydroxyl groups is 16. The van der Waals surface area contributed by atoms with E-state index in [-0.39, 0.29) is 19.0 Å². The van der Waals surface area contributed by atoms with Gasteiger partial charge in [-0.1, -0.05) is 180 Å². The highest BCUT2D eigenvalue weighted by molar-refractivity contribution is 5.77. The van der Waals surface area contributed by atoms with Crippen molar-refractivity contribution in [3.05, 3.63) is 12.2 Å². The van der Waals surface area contributed by atoms with Crippen molar-refractivity contribution in [1.29, 1.82) is 0 Å². The standard InChI is InChI=1S/C73H131N3O31.H3N/c1-5-7-9-11-13-15-17-19-20-22-24-26-28-30-32-34-52(87)76-44(45(84)33-31-29-27-25-23-21-18-16-14-12-10-8-6-2)41-98-69-61(94)59(92)63(50(39-80)101-69)103-71-62(95)67(107-73(72(96)97)35-46(85)53(74-42(3)82)66(106-73)55(88)47(86)36-77)64(51(40-81)102-71)104-68-54(75-43(4)83)65(57(90)49(38-79)99-68)105-70-60(93)58(91)56(89)48(37-78)100-70;/h31,33,44-51,53-71,77-81,84-86,88-95H,5-30,32,34-41H2,1-4H3,(H,74,82)(H,75,83)(H,76,87)(H,96,97);1H3/b33-31+;/t44-,45+,46-,47+,48+,49+,50+,51+,53+,54+,55+,56-,57-,58-,59+,60+,61+,62+,63+,64-,65+,66+,67+,68-,69+,70-,71-,73-;/m0./s1/i1D3;. The molecule has 3 amide bonds. The van der Waals surface area contributed by atoms with Gasteiger partial charge in [-0.15, -0.1) is 0 Å². The number of aliphatic hydroxyl groups excluding tert-OH is 16. The first-order chi connectivity index (χ1) is 52.4. The minimum atomic E-state index is -3.39. The molecule has 28 atom stereocenters. The zero-order valence-electron chi connectivity index (χ0n) is 66.0. The summed E-state index contributed by atoms with van der Waals surface area (Å²) in [5.74, 6) is -7.76. The van der Waals surface area contributed by atoms with Gasteiger partial charge in [0.15, 0.2) is 25.2 Å². The summed E-state index contributed by atoms with van der Waals surface area (Å²) in [6, 6.07) is -4.84. The molecule has 23 N–H and O–H groups in total. The van der Waals surface area contributed by atoms with Crippen LogP contribution in [0.15, 0.2) is 12.2 Å². The van der Waals surface area contributed by atoms with Crippen LogP contribution in [0.1, 0.15) is 218 Å². The first-order valence-corrected chi connectivity index (χ1v) is 38.7. The van der Waals surface area contributed by atoms with Crippen LogP contribution in [0.25, 0.3) is 0 Å². The second kappa shape index (κ2) is 51.4. The Bertz CT molecular complexity index is 2620. The second-order valence-corrected chi connectivity index (χ2v) is 29.0. The Labute approximate surface area is 638 Å². The van der Waals surface area contributed by atoms with Crippen LogP contribution in [0.3, 0.4) is 0 Å². The first kappa shape index (κ1) is 91.7. The van der Waals surface area contributed by atoms with Gasteiger partial charge in [-0.25, -0.2) is 4.79 Å². The molecule has 5 heterocycles. The van der Waals surface area contributed by atoms with Gasteiger partial charge in [0.05, 0.1) is 63.9 Å². The van der Waals surface area contributed by atoms with Gasteiger partial charge >= 0.3 is 5.97 Å². The Balaban J connectivity index is 0.0000260. The molecule has 5 saturated heterocycles. The molecule has 5 aliphatic heterocycles. The van der Waals surface area contributed by atoms with Gasteiger partial charge < -0.3 is 156 Å². The molecule has 5 aliphatic rings. The summed E-state index contributed by atoms with van der Waals surface area (Å²) < 4.78 is 82.1. The summed E-state index contributed by atoms with van der Waals surface area (Å²) in [5.41, 5.74) is 0. The number of rotatable bonds is 52. The summed E-state index contributed by atoms with van der Waals surface area (Å²) in [4.78, 5) is 53.0. The van der Waals surface area contributed by atoms with Crippen molar-refractivity contribution in [2.75, 3.05) is 39.6 Å². The van der Waals surface area contributed by atoms with Crippen molar-refractivity contribution in [2.24, 2.45) is 0 Å². The van der Waals surface area contributed by atoms with E-state index < -0.39 is 248 Å². The number of carbonyl (C=O) groups excluding carboxylic acids is 3. The van der Waals surface area contributed by atoms with Crippen LogP contribution in [0.2, 0.25) is 0 Å². The highest BCUT2D eigenvalue weighted by Gasteiger charge is 2.62. The van der Waals surface area contributed by atoms with E-state index in [2.05, 4.69) is 22.9 Å². The fourth-order valence-electron chi connectivity index (χ4n) is 14.2. The zero-order valence-corrected chi connectivity index (χ0v) is 63.0. The highest BCUT2D eigenvalue weighted by atomic mass is 16.8. The minimum absolute atomic E-state index is 0. The lowest BCUT2D eigenvalue weighted by atomic mass is 9.88. The van der Waals surface area contributed by atoms with E-state index in [0.717, 1.165) is 129 Å². The molecule has 632 valence electrons. The Morgan fingerprint density at radius 1 is 0.519 bits per heavy atom. The SMILES string of the molecule is N.[2H]C([2H])([2H])CCCCCCCCCCCCCCCCC(=O)N[C@@H](CO[C@@H]1O[C@H](CO)[C@@H](O[C@@H]2O[C@H](CO)[C@H](O[C@@H]3O[C@H](CO)[C@H](O)[C@H](O[C@@H]4O[C@H](CO)[C@H](O)[C@H](O)[C@H]4O)[C@H]3NC(C)=O)[C@H](O[C@]3(C(=O)O)C[C@H](O)[C@@H](NC(C)=O)[C@H]([C@H](O)[C@H](O)CO)O3)[C@H]2O)[C@H](O)[C@H]1O)[C@H](O)/C=C/CCCCCCCCCCCCC. The van der Waals surface area contributed by atoms with Gasteiger partial charge in [0.2, 0.25) is 17.7 Å². The molecule has 0 unspecified atom stereocenters. The molecule has 0 radical (unpaired) electrons. The monoisotopic (exact) mass is 1570 g/mol. The van der Waals surface area contributed by atoms with Crippen molar-refractivity contribution in [1.82, 2.24) is 22.1 Å². The average molecular weight is 1570 g/mol. The van der Waals surface area contributed by atoms with Crippen LogP contribution in [0, 0.1) is 0 Å². The smallest absolute Gasteiger partial charge is 0.364 e. The number of ether oxygens (including phenoxy) is 10. The lowest BCUT2D eigenvalue weighted by Gasteiger charge is -2.52. The molecule has 108 heavy (non-hydrogen) atoms. The molecular formula is C73H134N4O31. The Morgan fingerprint density at radius 2 is 0.972 bits per heavy atom. The number of nitrogens with one attached hydrogen (secondary N) is 3. The number of hydrogen-bond acceptors (Lipinski definition) is 31. The maximum Gasteiger partial charge on any atom is 0.364 e. The third kappa shape index (κ3) is 29.7. The fourth-order valence-corrected chi connectivity index (χ4v) is 14.2. The molecule has 5 fully saturated rings. The van der Waals surface area contributed by atoms with E-state index in [1.54, 1.807) is 6.08 Å². The lowest BCUT2D eigenvalue weighted by molar-refractivity contribution is -0.403. The molecule has 5 rings (SSSR count). The summed E-state index contributed by atoms with van der Waals surface area (Å²) in [7, 11) is 0. The highest BCUT2D eigenvalue weighted by Crippen LogP contribution is 2.41. The van der Waals surface area contributed by atoms with Gasteiger partial charge in [-0.3, -0.25) is 14.4 Å². The molecule has 0 bridgehead atoms. The van der Waals surface area contributed by atoms with E-state index in [9.17, 15) is 106 Å². The second-order valence-electron chi connectivity index (χ2n) is 29.0. The molecule has 0 aromatic rings. The van der Waals surface area contributed by atoms with Crippen LogP contribution in [-0.4, -0.2) is 321 Å². The average Bonchev–Trinajstić information content (AvgIpc) is 0.747. The maximum absolute atomic E-state index is 13.8. The topological polar surface area (TPSA) is 576 Å². The van der Waals surface area contributed by atoms with Gasteiger partial charge in [0.1, 0.15) is 116 Å². The molecule has 35 nitrogen and oxygen atoms in total. The van der Waals surface area contributed by atoms with Crippen LogP contribution in [-0.2, 0) is 66.5 Å². The summed E-state index contributed by atoms with van der Waals surface area (Å²) in [6.45, 7) is -3.84. The van der Waals surface area contributed by atoms with Crippen molar-refractivity contribution in [2.45, 2.75) is 385 Å². The van der Waals surface area contributed by atoms with E-state index >= 15 is 0 Å². The summed E-state index contributed by atoms with van der Waals surface area (Å²) >= 11 is 0. The summed E-state index contributed by atoms with van der Waals surface area (Å²) in [5, 5.41) is 197. The molecule has 0 aromatic carbocycles. The molecule has 0 aromatic heterocycles. The Kier molecular flexibility index (Phi) is 43.6. The third-order valence-electron chi connectivity index (χ3n) is 20.4. The number of carboxylic acid groups (broad SMARTS) is 1. The van der Waals surface area contributed by atoms with Gasteiger partial charge in [0.25, 0.3) is 5.79 Å². The van der Waals surface area contributed by atoms with Crippen molar-refractivity contribution in [3.63, 3.8) is 0 Å². The predicted octanol–water partition coefficient (Wildman–Crippen LogP) is -0.880. The third-order valence-corrected chi connectivity index (χ3v) is 20.4. The van der Waals surface area contributed by atoms with Gasteiger partial charge in [0, 0.05) is 30.8 Å². The molecule has 0 aliphatic carbocycles.